The van der Waals surface area contributed by atoms with Gasteiger partial charge in [0.2, 0.25) is 5.91 Å². The summed E-state index contributed by atoms with van der Waals surface area (Å²) in [5, 5.41) is 3.29. The molecular formula is C17H22N4O. The van der Waals surface area contributed by atoms with E-state index in [1.807, 2.05) is 51.1 Å². The van der Waals surface area contributed by atoms with E-state index in [9.17, 15) is 4.79 Å². The van der Waals surface area contributed by atoms with Gasteiger partial charge in [0.25, 0.3) is 0 Å². The lowest BCUT2D eigenvalue weighted by Crippen LogP contribution is -2.27. The van der Waals surface area contributed by atoms with E-state index in [1.54, 1.807) is 11.8 Å². The normalized spacial score (nSPS) is 10.4. The summed E-state index contributed by atoms with van der Waals surface area (Å²) >= 11 is 0. The van der Waals surface area contributed by atoms with E-state index in [1.165, 1.54) is 0 Å². The third kappa shape index (κ3) is 4.28. The van der Waals surface area contributed by atoms with Crippen molar-refractivity contribution < 1.29 is 4.79 Å². The zero-order valence-electron chi connectivity index (χ0n) is 13.6. The van der Waals surface area contributed by atoms with Crippen molar-refractivity contribution in [2.24, 2.45) is 0 Å². The van der Waals surface area contributed by atoms with Gasteiger partial charge < -0.3 is 10.2 Å². The van der Waals surface area contributed by atoms with E-state index in [2.05, 4.69) is 15.3 Å². The standard InChI is InChI=1S/C17H22N4O/c1-5-21(14(4)22)11-15-7-6-8-16(10-15)20-17-9-12(2)18-13(3)19-17/h6-10H,5,11H2,1-4H3,(H,18,19,20). The summed E-state index contributed by atoms with van der Waals surface area (Å²) in [7, 11) is 0. The molecule has 1 heterocycles. The Balaban J connectivity index is 2.16. The molecule has 0 bridgehead atoms. The second kappa shape index (κ2) is 7.02. The van der Waals surface area contributed by atoms with Crippen LogP contribution in [-0.2, 0) is 11.3 Å². The van der Waals surface area contributed by atoms with E-state index in [-0.39, 0.29) is 5.91 Å². The van der Waals surface area contributed by atoms with Crippen LogP contribution >= 0.6 is 0 Å². The molecule has 0 spiro atoms. The molecule has 116 valence electrons. The van der Waals surface area contributed by atoms with Crippen LogP contribution in [0.15, 0.2) is 30.3 Å². The number of amides is 1. The molecule has 22 heavy (non-hydrogen) atoms. The zero-order chi connectivity index (χ0) is 16.1. The van der Waals surface area contributed by atoms with Crippen LogP contribution in [0.4, 0.5) is 11.5 Å². The number of aromatic nitrogens is 2. The molecule has 0 aliphatic rings. The Morgan fingerprint density at radius 1 is 1.23 bits per heavy atom. The van der Waals surface area contributed by atoms with Gasteiger partial charge in [0.1, 0.15) is 11.6 Å². The van der Waals surface area contributed by atoms with Crippen LogP contribution in [0.1, 0.15) is 30.9 Å². The van der Waals surface area contributed by atoms with E-state index in [4.69, 9.17) is 0 Å². The number of benzene rings is 1. The molecule has 2 rings (SSSR count). The molecule has 5 heteroatoms. The van der Waals surface area contributed by atoms with E-state index in [0.29, 0.717) is 13.1 Å². The SMILES string of the molecule is CCN(Cc1cccc(Nc2cc(C)nc(C)n2)c1)C(C)=O. The maximum Gasteiger partial charge on any atom is 0.219 e. The molecule has 1 N–H and O–H groups in total. The molecule has 0 saturated heterocycles. The first-order chi connectivity index (χ1) is 10.5. The highest BCUT2D eigenvalue weighted by atomic mass is 16.2. The molecule has 0 aliphatic heterocycles. The number of carbonyl (C=O) groups excluding carboxylic acids is 1. The molecule has 1 aromatic carbocycles. The first-order valence-electron chi connectivity index (χ1n) is 7.41. The average Bonchev–Trinajstić information content (AvgIpc) is 2.43. The van der Waals surface area contributed by atoms with Crippen LogP contribution < -0.4 is 5.32 Å². The molecule has 0 fully saturated rings. The Hall–Kier alpha value is -2.43. The third-order valence-corrected chi connectivity index (χ3v) is 3.37. The highest BCUT2D eigenvalue weighted by Gasteiger charge is 2.07. The quantitative estimate of drug-likeness (QED) is 0.921. The zero-order valence-corrected chi connectivity index (χ0v) is 13.6. The number of rotatable bonds is 5. The maximum absolute atomic E-state index is 11.5. The largest absolute Gasteiger partial charge is 0.340 e. The molecule has 5 nitrogen and oxygen atoms in total. The first kappa shape index (κ1) is 15.9. The summed E-state index contributed by atoms with van der Waals surface area (Å²) in [6.07, 6.45) is 0. The Morgan fingerprint density at radius 3 is 2.64 bits per heavy atom. The number of hydrogen-bond donors (Lipinski definition) is 1. The van der Waals surface area contributed by atoms with Crippen molar-refractivity contribution in [1.29, 1.82) is 0 Å². The van der Waals surface area contributed by atoms with E-state index in [0.717, 1.165) is 28.6 Å². The summed E-state index contributed by atoms with van der Waals surface area (Å²) in [5.41, 5.74) is 2.97. The van der Waals surface area contributed by atoms with E-state index < -0.39 is 0 Å². The van der Waals surface area contributed by atoms with Gasteiger partial charge in [-0.15, -0.1) is 0 Å². The van der Waals surface area contributed by atoms with Gasteiger partial charge in [-0.05, 0) is 38.5 Å². The molecular weight excluding hydrogens is 276 g/mol. The Morgan fingerprint density at radius 2 is 2.00 bits per heavy atom. The summed E-state index contributed by atoms with van der Waals surface area (Å²) in [6.45, 7) is 8.72. The smallest absolute Gasteiger partial charge is 0.219 e. The van der Waals surface area contributed by atoms with Gasteiger partial charge in [0.15, 0.2) is 0 Å². The minimum Gasteiger partial charge on any atom is -0.340 e. The lowest BCUT2D eigenvalue weighted by atomic mass is 10.2. The van der Waals surface area contributed by atoms with Crippen molar-refractivity contribution >= 4 is 17.4 Å². The summed E-state index contributed by atoms with van der Waals surface area (Å²) in [4.78, 5) is 22.0. The Labute approximate surface area is 131 Å². The predicted octanol–water partition coefficient (Wildman–Crippen LogP) is 3.21. The number of aryl methyl sites for hydroxylation is 2. The van der Waals surface area contributed by atoms with Crippen LogP contribution in [-0.4, -0.2) is 27.3 Å². The van der Waals surface area contributed by atoms with Crippen LogP contribution in [0.3, 0.4) is 0 Å². The van der Waals surface area contributed by atoms with Gasteiger partial charge in [-0.2, -0.15) is 0 Å². The summed E-state index contributed by atoms with van der Waals surface area (Å²) in [5.74, 6) is 1.61. The van der Waals surface area contributed by atoms with Gasteiger partial charge in [0, 0.05) is 37.5 Å². The van der Waals surface area contributed by atoms with Crippen LogP contribution in [0.5, 0.6) is 0 Å². The molecule has 0 radical (unpaired) electrons. The number of carbonyl (C=O) groups is 1. The number of hydrogen-bond acceptors (Lipinski definition) is 4. The van der Waals surface area contributed by atoms with Crippen LogP contribution in [0.25, 0.3) is 0 Å². The van der Waals surface area contributed by atoms with Gasteiger partial charge in [-0.25, -0.2) is 9.97 Å². The van der Waals surface area contributed by atoms with Gasteiger partial charge >= 0.3 is 0 Å². The second-order valence-corrected chi connectivity index (χ2v) is 5.30. The minimum atomic E-state index is 0.0860. The van der Waals surface area contributed by atoms with Crippen molar-refractivity contribution in [2.75, 3.05) is 11.9 Å². The molecule has 2 aromatic rings. The fourth-order valence-electron chi connectivity index (χ4n) is 2.34. The van der Waals surface area contributed by atoms with Crippen molar-refractivity contribution in [3.63, 3.8) is 0 Å². The molecule has 0 saturated carbocycles. The molecule has 0 unspecified atom stereocenters. The van der Waals surface area contributed by atoms with Crippen molar-refractivity contribution in [1.82, 2.24) is 14.9 Å². The number of anilines is 2. The maximum atomic E-state index is 11.5. The number of nitrogens with one attached hydrogen (secondary N) is 1. The van der Waals surface area contributed by atoms with Gasteiger partial charge in [0.05, 0.1) is 0 Å². The Kier molecular flexibility index (Phi) is 5.09. The number of nitrogens with zero attached hydrogens (tertiary/aromatic N) is 3. The monoisotopic (exact) mass is 298 g/mol. The van der Waals surface area contributed by atoms with Gasteiger partial charge in [-0.3, -0.25) is 4.79 Å². The molecule has 1 aromatic heterocycles. The van der Waals surface area contributed by atoms with Crippen LogP contribution in [0.2, 0.25) is 0 Å². The first-order valence-corrected chi connectivity index (χ1v) is 7.41. The topological polar surface area (TPSA) is 58.1 Å². The molecule has 1 amide bonds. The average molecular weight is 298 g/mol. The van der Waals surface area contributed by atoms with Crippen molar-refractivity contribution in [2.45, 2.75) is 34.2 Å². The lowest BCUT2D eigenvalue weighted by molar-refractivity contribution is -0.129. The van der Waals surface area contributed by atoms with Crippen molar-refractivity contribution in [3.8, 4) is 0 Å². The highest BCUT2D eigenvalue weighted by Crippen LogP contribution is 2.18. The Bertz CT molecular complexity index is 649. The minimum absolute atomic E-state index is 0.0860. The van der Waals surface area contributed by atoms with Gasteiger partial charge in [-0.1, -0.05) is 12.1 Å². The molecule has 0 atom stereocenters. The third-order valence-electron chi connectivity index (χ3n) is 3.37. The predicted molar refractivity (Wildman–Crippen MR) is 88.0 cm³/mol. The fourth-order valence-corrected chi connectivity index (χ4v) is 2.34. The van der Waals surface area contributed by atoms with E-state index >= 15 is 0 Å². The summed E-state index contributed by atoms with van der Waals surface area (Å²) in [6, 6.07) is 9.94. The summed E-state index contributed by atoms with van der Waals surface area (Å²) < 4.78 is 0. The fraction of sp³-hybridized carbons (Fsp3) is 0.353. The lowest BCUT2D eigenvalue weighted by Gasteiger charge is -2.19. The highest BCUT2D eigenvalue weighted by molar-refractivity contribution is 5.73. The van der Waals surface area contributed by atoms with Crippen LogP contribution in [0, 0.1) is 13.8 Å². The second-order valence-electron chi connectivity index (χ2n) is 5.30. The van der Waals surface area contributed by atoms with Crippen molar-refractivity contribution in [3.05, 3.63) is 47.4 Å². The molecule has 0 aliphatic carbocycles.